The highest BCUT2D eigenvalue weighted by Crippen LogP contribution is 2.33. The number of carbonyl (C=O) groups excluding carboxylic acids is 3. The molecule has 3 aliphatic rings. The van der Waals surface area contributed by atoms with Crippen LogP contribution in [0.2, 0.25) is 15.1 Å². The van der Waals surface area contributed by atoms with E-state index in [-0.39, 0.29) is 67.6 Å². The van der Waals surface area contributed by atoms with E-state index in [1.165, 1.54) is 61.2 Å². The number of aromatic amines is 3. The number of hydrogen-bond acceptors (Lipinski definition) is 23. The maximum Gasteiger partial charge on any atom is 0.311 e. The van der Waals surface area contributed by atoms with Crippen molar-refractivity contribution < 1.29 is 39.6 Å². The molecule has 2 aromatic carbocycles. The van der Waals surface area contributed by atoms with E-state index in [4.69, 9.17) is 46.3 Å². The quantitative estimate of drug-likeness (QED) is 0.0361. The first-order valence-electron chi connectivity index (χ1n) is 35.9. The Labute approximate surface area is 659 Å². The molecule has 3 aliphatic heterocycles. The predicted octanol–water partition coefficient (Wildman–Crippen LogP) is 11.3. The summed E-state index contributed by atoms with van der Waals surface area (Å²) in [5, 5.41) is 27.6. The smallest absolute Gasteiger partial charge is 0.311 e. The van der Waals surface area contributed by atoms with Gasteiger partial charge in [-0.3, -0.25) is 14.4 Å². The largest absolute Gasteiger partial charge is 0.619 e. The highest BCUT2D eigenvalue weighted by atomic mass is 35.5. The number of halogens is 3. The normalized spacial score (nSPS) is 14.6. The van der Waals surface area contributed by atoms with Crippen LogP contribution in [0.3, 0.4) is 0 Å². The zero-order valence-electron chi connectivity index (χ0n) is 63.5. The second-order valence-corrected chi connectivity index (χ2v) is 34.0. The highest BCUT2D eigenvalue weighted by molar-refractivity contribution is 8.00. The standard InChI is InChI=1S/C22H28ClN7O.C18H20ClN7O.C18H19ClN6O2.C14H14O5S2.C4H11N/c1-13-10-25-19-18(13)20(27-12-26-19)30-7-5-14(6-8-30)28-21(31)15-9-17(24-11-16(15)23)29-22(2,3)4;1-10-7-22-16-15(10)17(24-9-23-16)26-4-2-11(3-5-26)25-18(27)12-6-14(20)21-8-13(12)19;1-11-8-20-16-15(11)17(22-10-21-16)24-5-2-12(3-6-24)23-18(26)13-4-7-25(27)9-14(13)19;1-11-3-7-13(8-4-11)20(15,16)19-21(17,18)14-9-5-12(2)6-10-14;1-4(2,3)5/h9-12,14H,5-8H2,1-4H3,(H,24,29)(H,28,31)(H,25,26,27);6-9,11H,2-5H2,1H3,(H2,20,21)(H,25,27)(H,22,23,24);4,7-10,12H,2-3,5-6H2,1H3,(H,23,26)(H,20,21,22);3-10H,1-2H3;5H2,1-3H3. The number of aryl methyl sites for hydroxylation is 5. The Hall–Kier alpha value is -10.4. The van der Waals surface area contributed by atoms with Crippen LogP contribution in [-0.4, -0.2) is 158 Å². The second-order valence-electron chi connectivity index (χ2n) is 29.4. The number of nitrogens with one attached hydrogen (secondary N) is 7. The van der Waals surface area contributed by atoms with Crippen LogP contribution < -0.4 is 52.2 Å². The summed E-state index contributed by atoms with van der Waals surface area (Å²) in [5.74, 6) is 3.06. The molecule has 11 N–H and O–H groups in total. The summed E-state index contributed by atoms with van der Waals surface area (Å²) in [6.07, 6.45) is 20.8. The van der Waals surface area contributed by atoms with Crippen LogP contribution in [0, 0.1) is 39.8 Å². The molecule has 588 valence electrons. The third kappa shape index (κ3) is 22.3. The zero-order valence-corrected chi connectivity index (χ0v) is 67.4. The highest BCUT2D eigenvalue weighted by Gasteiger charge is 2.31. The number of carbonyl (C=O) groups is 3. The van der Waals surface area contributed by atoms with Crippen LogP contribution >= 0.6 is 34.8 Å². The molecule has 0 aliphatic carbocycles. The Morgan fingerprint density at radius 1 is 0.514 bits per heavy atom. The van der Waals surface area contributed by atoms with Gasteiger partial charge in [0.15, 0.2) is 12.4 Å². The van der Waals surface area contributed by atoms with E-state index in [0.717, 1.165) is 156 Å². The van der Waals surface area contributed by atoms with Gasteiger partial charge in [0, 0.05) is 106 Å². The van der Waals surface area contributed by atoms with E-state index < -0.39 is 20.2 Å². The first-order valence-corrected chi connectivity index (χ1v) is 39.8. The molecule has 14 rings (SSSR count). The van der Waals surface area contributed by atoms with Gasteiger partial charge in [-0.15, -0.1) is 3.63 Å². The van der Waals surface area contributed by atoms with Gasteiger partial charge in [-0.2, -0.15) is 21.6 Å². The lowest BCUT2D eigenvalue weighted by atomic mass is 10.0. The molecule has 3 saturated heterocycles. The summed E-state index contributed by atoms with van der Waals surface area (Å²) in [4.78, 5) is 88.2. The number of H-pyrrole nitrogens is 3. The van der Waals surface area contributed by atoms with Crippen molar-refractivity contribution in [3.05, 3.63) is 194 Å². The van der Waals surface area contributed by atoms with Crippen molar-refractivity contribution in [1.82, 2.24) is 70.8 Å². The molecule has 0 atom stereocenters. The van der Waals surface area contributed by atoms with Crippen molar-refractivity contribution in [3.8, 4) is 0 Å². The lowest BCUT2D eigenvalue weighted by molar-refractivity contribution is -0.605. The number of benzene rings is 2. The minimum atomic E-state index is -4.38. The summed E-state index contributed by atoms with van der Waals surface area (Å²) < 4.78 is 53.0. The second kappa shape index (κ2) is 35.8. The number of piperidine rings is 3. The Kier molecular flexibility index (Phi) is 26.8. The Morgan fingerprint density at radius 3 is 1.21 bits per heavy atom. The average molecular weight is 1610 g/mol. The summed E-state index contributed by atoms with van der Waals surface area (Å²) >= 11 is 18.3. The van der Waals surface area contributed by atoms with Crippen molar-refractivity contribution in [3.63, 3.8) is 0 Å². The van der Waals surface area contributed by atoms with Gasteiger partial charge in [-0.1, -0.05) is 70.2 Å². The number of hydrogen-bond donors (Lipinski definition) is 9. The van der Waals surface area contributed by atoms with Crippen LogP contribution in [0.4, 0.5) is 29.1 Å². The first kappa shape index (κ1) is 83.1. The number of nitrogens with zero attached hydrogens (tertiary/aromatic N) is 12. The van der Waals surface area contributed by atoms with E-state index in [2.05, 4.69) is 101 Å². The molecule has 30 nitrogen and oxygen atoms in total. The van der Waals surface area contributed by atoms with Gasteiger partial charge in [0.2, 0.25) is 0 Å². The maximum absolute atomic E-state index is 12.9. The molecule has 0 saturated carbocycles. The molecule has 35 heteroatoms. The Balaban J connectivity index is 0.000000155. The first-order chi connectivity index (χ1) is 52.5. The van der Waals surface area contributed by atoms with Gasteiger partial charge in [-0.05, 0) is 168 Å². The van der Waals surface area contributed by atoms with Crippen molar-refractivity contribution >= 4 is 135 Å². The minimum Gasteiger partial charge on any atom is -0.619 e. The number of aromatic nitrogens is 12. The fourth-order valence-electron chi connectivity index (χ4n) is 12.4. The molecule has 3 amide bonds. The zero-order chi connectivity index (χ0) is 80.3. The molecule has 12 heterocycles. The fourth-order valence-corrected chi connectivity index (χ4v) is 15.6. The van der Waals surface area contributed by atoms with Gasteiger partial charge in [0.05, 0.1) is 52.7 Å². The van der Waals surface area contributed by atoms with E-state index in [1.54, 1.807) is 63.2 Å². The molecule has 9 aromatic heterocycles. The molecule has 11 aromatic rings. The van der Waals surface area contributed by atoms with Gasteiger partial charge in [0.1, 0.15) is 70.0 Å². The number of fused-ring (bicyclic) bond motifs is 3. The van der Waals surface area contributed by atoms with E-state index in [0.29, 0.717) is 37.3 Å². The summed E-state index contributed by atoms with van der Waals surface area (Å²) in [6.45, 7) is 26.5. The van der Waals surface area contributed by atoms with Gasteiger partial charge in [0.25, 0.3) is 17.7 Å². The third-order valence-corrected chi connectivity index (χ3v) is 22.0. The molecule has 0 bridgehead atoms. The topological polar surface area (TPSA) is 416 Å². The molecular weight excluding hydrogens is 1520 g/mol. The van der Waals surface area contributed by atoms with Crippen LogP contribution in [-0.2, 0) is 23.9 Å². The van der Waals surface area contributed by atoms with Crippen LogP contribution in [0.1, 0.15) is 139 Å². The fraction of sp³-hybridized carbons (Fsp3) is 0.368. The number of amides is 3. The molecule has 0 unspecified atom stereocenters. The number of nitrogens with two attached hydrogens (primary N) is 2. The van der Waals surface area contributed by atoms with Gasteiger partial charge in [-0.25, -0.2) is 39.9 Å². The lowest BCUT2D eigenvalue weighted by Crippen LogP contribution is -2.45. The van der Waals surface area contributed by atoms with Crippen molar-refractivity contribution in [2.45, 2.75) is 154 Å². The van der Waals surface area contributed by atoms with Crippen LogP contribution in [0.5, 0.6) is 0 Å². The molecule has 0 radical (unpaired) electrons. The third-order valence-electron chi connectivity index (χ3n) is 18.0. The van der Waals surface area contributed by atoms with Crippen LogP contribution in [0.15, 0.2) is 139 Å². The lowest BCUT2D eigenvalue weighted by Gasteiger charge is -2.33. The number of anilines is 5. The SMILES string of the molecule is CC(C)(C)N.Cc1c[nH]c2ncnc(N3CCC(NC(=O)c4cc(N)ncc4Cl)CC3)c12.Cc1c[nH]c2ncnc(N3CCC(NC(=O)c4cc(NC(C)(C)C)ncc4Cl)CC3)c12.Cc1c[nH]c2ncnc(N3CCC(NC(=O)c4cc[n+]([O-])cc4Cl)CC3)c12.Cc1ccc(S(=O)(=O)OS(=O)(=O)c2ccc(C)cc2)cc1. The minimum absolute atomic E-state index is 0. The molecule has 3 fully saturated rings. The summed E-state index contributed by atoms with van der Waals surface area (Å²) in [6, 6.07) is 16.3. The molecule has 111 heavy (non-hydrogen) atoms. The van der Waals surface area contributed by atoms with Crippen molar-refractivity contribution in [2.24, 2.45) is 5.73 Å². The van der Waals surface area contributed by atoms with E-state index in [1.807, 2.05) is 74.0 Å². The van der Waals surface area contributed by atoms with Crippen LogP contribution in [0.25, 0.3) is 33.1 Å². The number of rotatable bonds is 14. The summed E-state index contributed by atoms with van der Waals surface area (Å²) in [5.41, 5.74) is 19.6. The molecule has 0 spiro atoms. The maximum atomic E-state index is 12.9. The number of nitrogen functional groups attached to an aromatic ring is 1. The summed E-state index contributed by atoms with van der Waals surface area (Å²) in [7, 11) is -8.76. The predicted molar refractivity (Wildman–Crippen MR) is 432 cm³/mol. The van der Waals surface area contributed by atoms with Crippen molar-refractivity contribution in [1.29, 1.82) is 0 Å². The van der Waals surface area contributed by atoms with E-state index in [9.17, 15) is 36.4 Å². The molecular formula is C76H92Cl3N21O9S2. The van der Waals surface area contributed by atoms with Gasteiger partial charge >= 0.3 is 20.2 Å². The Morgan fingerprint density at radius 2 is 0.856 bits per heavy atom. The monoisotopic (exact) mass is 1610 g/mol. The van der Waals surface area contributed by atoms with Crippen molar-refractivity contribution in [2.75, 3.05) is 65.0 Å². The Bertz CT molecular complexity index is 5260. The van der Waals surface area contributed by atoms with E-state index >= 15 is 0 Å². The number of pyridine rings is 3. The van der Waals surface area contributed by atoms with Gasteiger partial charge < -0.3 is 67.6 Å². The average Bonchev–Trinajstić information content (AvgIpc) is 1.79.